The molecular weight excluding hydrogens is 320 g/mol. The molecule has 25 heavy (non-hydrogen) atoms. The average Bonchev–Trinajstić information content (AvgIpc) is 2.54. The van der Waals surface area contributed by atoms with Gasteiger partial charge in [0.1, 0.15) is 5.56 Å². The third kappa shape index (κ3) is 4.80. The lowest BCUT2D eigenvalue weighted by atomic mass is 10.0. The van der Waals surface area contributed by atoms with Crippen molar-refractivity contribution in [1.82, 2.24) is 10.3 Å². The third-order valence-electron chi connectivity index (χ3n) is 4.67. The Morgan fingerprint density at radius 2 is 2.04 bits per heavy atom. The monoisotopic (exact) mass is 348 g/mol. The maximum Gasteiger partial charge on any atom is 0.261 e. The smallest absolute Gasteiger partial charge is 0.261 e. The van der Waals surface area contributed by atoms with Crippen molar-refractivity contribution >= 4 is 5.91 Å². The number of carbonyl (C=O) groups is 1. The fraction of sp³-hybridized carbons (Fsp3) is 0.579. The molecule has 0 saturated carbocycles. The van der Waals surface area contributed by atoms with Gasteiger partial charge in [0.15, 0.2) is 0 Å². The van der Waals surface area contributed by atoms with E-state index in [9.17, 15) is 9.59 Å². The summed E-state index contributed by atoms with van der Waals surface area (Å²) >= 11 is 0. The number of hydrogen-bond acceptors (Lipinski definition) is 4. The first-order valence-electron chi connectivity index (χ1n) is 8.65. The largest absolute Gasteiger partial charge is 0.379 e. The molecule has 6 nitrogen and oxygen atoms in total. The molecule has 1 fully saturated rings. The predicted molar refractivity (Wildman–Crippen MR) is 97.1 cm³/mol. The lowest BCUT2D eigenvalue weighted by molar-refractivity contribution is -0.0457. The number of aryl methyl sites for hydroxylation is 1. The normalized spacial score (nSPS) is 20.2. The van der Waals surface area contributed by atoms with Crippen LogP contribution in [0.15, 0.2) is 16.4 Å². The van der Waals surface area contributed by atoms with E-state index in [1.165, 1.54) is 5.57 Å². The molecule has 6 heteroatoms. The van der Waals surface area contributed by atoms with Gasteiger partial charge in [-0.2, -0.15) is 0 Å². The first-order chi connectivity index (χ1) is 11.8. The molecule has 0 unspecified atom stereocenters. The highest BCUT2D eigenvalue weighted by molar-refractivity contribution is 5.95. The molecular formula is C19H28N2O4. The van der Waals surface area contributed by atoms with E-state index in [0.717, 1.165) is 11.3 Å². The third-order valence-corrected chi connectivity index (χ3v) is 4.67. The van der Waals surface area contributed by atoms with Gasteiger partial charge in [-0.05, 0) is 52.2 Å². The van der Waals surface area contributed by atoms with E-state index in [1.54, 1.807) is 6.92 Å². The van der Waals surface area contributed by atoms with Gasteiger partial charge in [0.2, 0.25) is 0 Å². The number of amides is 1. The van der Waals surface area contributed by atoms with Gasteiger partial charge >= 0.3 is 0 Å². The number of aromatic nitrogens is 1. The van der Waals surface area contributed by atoms with Crippen molar-refractivity contribution < 1.29 is 14.3 Å². The van der Waals surface area contributed by atoms with Gasteiger partial charge in [0.05, 0.1) is 25.4 Å². The topological polar surface area (TPSA) is 80.4 Å². The van der Waals surface area contributed by atoms with E-state index in [2.05, 4.69) is 10.3 Å². The van der Waals surface area contributed by atoms with Gasteiger partial charge in [0.25, 0.3) is 11.5 Å². The number of carbonyl (C=O) groups excluding carboxylic acids is 1. The molecule has 1 aromatic heterocycles. The Balaban J connectivity index is 2.14. The summed E-state index contributed by atoms with van der Waals surface area (Å²) < 4.78 is 11.4. The summed E-state index contributed by atoms with van der Waals surface area (Å²) in [7, 11) is 0. The summed E-state index contributed by atoms with van der Waals surface area (Å²) in [5, 5.41) is 2.92. The fourth-order valence-corrected chi connectivity index (χ4v) is 2.87. The number of rotatable bonds is 5. The lowest BCUT2D eigenvalue weighted by Crippen LogP contribution is -2.51. The van der Waals surface area contributed by atoms with Crippen LogP contribution in [0.5, 0.6) is 0 Å². The van der Waals surface area contributed by atoms with Crippen molar-refractivity contribution in [2.75, 3.05) is 19.8 Å². The molecule has 0 spiro atoms. The maximum absolute atomic E-state index is 12.7. The van der Waals surface area contributed by atoms with E-state index in [4.69, 9.17) is 9.47 Å². The Hall–Kier alpha value is -1.92. The summed E-state index contributed by atoms with van der Waals surface area (Å²) in [5.41, 5.74) is 3.39. The first-order valence-corrected chi connectivity index (χ1v) is 8.65. The summed E-state index contributed by atoms with van der Waals surface area (Å²) in [6.07, 6.45) is 2.59. The van der Waals surface area contributed by atoms with Crippen LogP contribution in [-0.2, 0) is 9.47 Å². The molecule has 0 radical (unpaired) electrons. The second-order valence-corrected chi connectivity index (χ2v) is 6.80. The molecule has 0 bridgehead atoms. The summed E-state index contributed by atoms with van der Waals surface area (Å²) in [6, 6.07) is -0.271. The molecule has 1 amide bonds. The van der Waals surface area contributed by atoms with Gasteiger partial charge < -0.3 is 19.8 Å². The molecule has 2 rings (SSSR count). The molecule has 2 atom stereocenters. The number of ether oxygens (including phenoxy) is 2. The van der Waals surface area contributed by atoms with Crippen LogP contribution in [0.2, 0.25) is 0 Å². The Labute approximate surface area is 148 Å². The molecule has 138 valence electrons. The molecule has 1 aliphatic rings. The van der Waals surface area contributed by atoms with E-state index in [1.807, 2.05) is 33.8 Å². The standard InChI is InChI=1S/C19H28N2O4/c1-11(2)6-9-25-16-7-8-24-10-15(16)21-19(23)17-13(4)12(3)14(5)20-18(17)22/h6,15-16H,7-10H2,1-5H3,(H,20,22)(H,21,23)/t15-,16+/m0/s1. The van der Waals surface area contributed by atoms with Crippen LogP contribution < -0.4 is 10.9 Å². The molecule has 0 aliphatic carbocycles. The van der Waals surface area contributed by atoms with E-state index >= 15 is 0 Å². The van der Waals surface area contributed by atoms with Crippen LogP contribution in [0, 0.1) is 20.8 Å². The van der Waals surface area contributed by atoms with Gasteiger partial charge in [-0.1, -0.05) is 11.6 Å². The van der Waals surface area contributed by atoms with Crippen LogP contribution in [-0.4, -0.2) is 42.9 Å². The molecule has 0 aromatic carbocycles. The number of hydrogen-bond donors (Lipinski definition) is 2. The molecule has 1 saturated heterocycles. The second kappa shape index (κ2) is 8.45. The minimum absolute atomic E-state index is 0.126. The molecule has 1 aromatic rings. The lowest BCUT2D eigenvalue weighted by Gasteiger charge is -2.32. The SMILES string of the molecule is CC(C)=CCO[C@@H]1CCOC[C@@H]1NC(=O)c1c(C)c(C)c(C)[nH]c1=O. The van der Waals surface area contributed by atoms with Crippen molar-refractivity contribution in [2.45, 2.75) is 53.2 Å². The zero-order chi connectivity index (χ0) is 18.6. The fourth-order valence-electron chi connectivity index (χ4n) is 2.87. The second-order valence-electron chi connectivity index (χ2n) is 6.80. The minimum atomic E-state index is -0.381. The highest BCUT2D eigenvalue weighted by Gasteiger charge is 2.29. The zero-order valence-electron chi connectivity index (χ0n) is 15.7. The highest BCUT2D eigenvalue weighted by Crippen LogP contribution is 2.15. The Morgan fingerprint density at radius 3 is 2.72 bits per heavy atom. The maximum atomic E-state index is 12.7. The number of allylic oxidation sites excluding steroid dienone is 1. The summed E-state index contributed by atoms with van der Waals surface area (Å²) in [5.74, 6) is -0.381. The predicted octanol–water partition coefficient (Wildman–Crippen LogP) is 2.17. The van der Waals surface area contributed by atoms with Crippen LogP contribution in [0.4, 0.5) is 0 Å². The average molecular weight is 348 g/mol. The van der Waals surface area contributed by atoms with Crippen molar-refractivity contribution in [3.8, 4) is 0 Å². The van der Waals surface area contributed by atoms with Gasteiger partial charge in [-0.3, -0.25) is 9.59 Å². The van der Waals surface area contributed by atoms with Gasteiger partial charge in [-0.15, -0.1) is 0 Å². The number of pyridine rings is 1. The van der Waals surface area contributed by atoms with Gasteiger partial charge in [-0.25, -0.2) is 0 Å². The van der Waals surface area contributed by atoms with Crippen LogP contribution in [0.3, 0.4) is 0 Å². The zero-order valence-corrected chi connectivity index (χ0v) is 15.7. The Kier molecular flexibility index (Phi) is 6.56. The van der Waals surface area contributed by atoms with Crippen LogP contribution >= 0.6 is 0 Å². The van der Waals surface area contributed by atoms with Crippen LogP contribution in [0.1, 0.15) is 47.4 Å². The van der Waals surface area contributed by atoms with Crippen molar-refractivity contribution in [3.63, 3.8) is 0 Å². The summed E-state index contributed by atoms with van der Waals surface area (Å²) in [4.78, 5) is 27.7. The minimum Gasteiger partial charge on any atom is -0.379 e. The number of nitrogens with one attached hydrogen (secondary N) is 2. The van der Waals surface area contributed by atoms with E-state index in [-0.39, 0.29) is 29.2 Å². The van der Waals surface area contributed by atoms with Gasteiger partial charge in [0, 0.05) is 12.3 Å². The molecule has 2 heterocycles. The molecule has 2 N–H and O–H groups in total. The molecule has 1 aliphatic heterocycles. The quantitative estimate of drug-likeness (QED) is 0.799. The highest BCUT2D eigenvalue weighted by atomic mass is 16.5. The van der Waals surface area contributed by atoms with Crippen LogP contribution in [0.25, 0.3) is 0 Å². The van der Waals surface area contributed by atoms with Crippen molar-refractivity contribution in [1.29, 1.82) is 0 Å². The number of aromatic amines is 1. The van der Waals surface area contributed by atoms with Crippen molar-refractivity contribution in [3.05, 3.63) is 44.4 Å². The number of H-pyrrole nitrogens is 1. The van der Waals surface area contributed by atoms with Crippen molar-refractivity contribution in [2.24, 2.45) is 0 Å². The van der Waals surface area contributed by atoms with E-state index in [0.29, 0.717) is 31.8 Å². The summed E-state index contributed by atoms with van der Waals surface area (Å²) in [6.45, 7) is 11.0. The van der Waals surface area contributed by atoms with E-state index < -0.39 is 0 Å². The Bertz CT molecular complexity index is 717. The first kappa shape index (κ1) is 19.4. The Morgan fingerprint density at radius 1 is 1.32 bits per heavy atom.